The van der Waals surface area contributed by atoms with Crippen LogP contribution in [0.25, 0.3) is 0 Å². The molecule has 1 amide bonds. The summed E-state index contributed by atoms with van der Waals surface area (Å²) in [5, 5.41) is 10.5. The minimum Gasteiger partial charge on any atom is -0.492 e. The number of nitrogens with two attached hydrogens (primary N) is 2. The van der Waals surface area contributed by atoms with Gasteiger partial charge in [0.15, 0.2) is 5.69 Å². The van der Waals surface area contributed by atoms with Gasteiger partial charge >= 0.3 is 0 Å². The first-order chi connectivity index (χ1) is 9.65. The number of ether oxygens (including phenoxy) is 1. The molecule has 0 saturated carbocycles. The molecule has 5 N–H and O–H groups in total. The molecule has 0 bridgehead atoms. The number of nitrogens with one attached hydrogen (secondary N) is 1. The second kappa shape index (κ2) is 6.37. The Bertz CT molecular complexity index is 586. The molecule has 1 heterocycles. The van der Waals surface area contributed by atoms with Crippen molar-refractivity contribution in [1.82, 2.24) is 10.2 Å². The van der Waals surface area contributed by atoms with Gasteiger partial charge in [0, 0.05) is 11.8 Å². The van der Waals surface area contributed by atoms with Gasteiger partial charge < -0.3 is 21.5 Å². The van der Waals surface area contributed by atoms with Gasteiger partial charge in [0.1, 0.15) is 18.2 Å². The summed E-state index contributed by atoms with van der Waals surface area (Å²) in [4.78, 5) is 10.8. The Hall–Kier alpha value is -2.83. The summed E-state index contributed by atoms with van der Waals surface area (Å²) in [5.74, 6) is 0.655. The number of hydrogen-bond acceptors (Lipinski definition) is 6. The molecule has 0 aliphatic rings. The maximum Gasteiger partial charge on any atom is 0.269 e. The third kappa shape index (κ3) is 3.84. The van der Waals surface area contributed by atoms with Gasteiger partial charge in [-0.3, -0.25) is 4.79 Å². The predicted molar refractivity (Wildman–Crippen MR) is 75.4 cm³/mol. The predicted octanol–water partition coefficient (Wildman–Crippen LogP) is 0.649. The maximum atomic E-state index is 10.8. The molecular weight excluding hydrogens is 258 g/mol. The summed E-state index contributed by atoms with van der Waals surface area (Å²) < 4.78 is 5.51. The lowest BCUT2D eigenvalue weighted by Crippen LogP contribution is -2.16. The maximum absolute atomic E-state index is 10.8. The van der Waals surface area contributed by atoms with Gasteiger partial charge in [-0.25, -0.2) is 0 Å². The number of nitrogen functional groups attached to an aromatic ring is 1. The number of rotatable bonds is 6. The van der Waals surface area contributed by atoms with Crippen molar-refractivity contribution in [2.24, 2.45) is 5.73 Å². The van der Waals surface area contributed by atoms with Crippen LogP contribution >= 0.6 is 0 Å². The molecule has 0 fully saturated rings. The van der Waals surface area contributed by atoms with Gasteiger partial charge in [0.25, 0.3) is 5.91 Å². The van der Waals surface area contributed by atoms with E-state index in [1.54, 1.807) is 18.2 Å². The number of amides is 1. The van der Waals surface area contributed by atoms with Gasteiger partial charge in [-0.2, -0.15) is 0 Å². The van der Waals surface area contributed by atoms with Crippen LogP contribution in [-0.2, 0) is 0 Å². The molecule has 0 atom stereocenters. The minimum atomic E-state index is -0.603. The lowest BCUT2D eigenvalue weighted by Gasteiger charge is -2.08. The Morgan fingerprint density at radius 2 is 2.10 bits per heavy atom. The van der Waals surface area contributed by atoms with E-state index in [1.165, 1.54) is 6.07 Å². The molecule has 0 aliphatic heterocycles. The molecule has 20 heavy (non-hydrogen) atoms. The number of nitrogens with zero attached hydrogens (tertiary/aromatic N) is 2. The third-order valence-electron chi connectivity index (χ3n) is 2.45. The van der Waals surface area contributed by atoms with Crippen LogP contribution in [0.15, 0.2) is 36.4 Å². The summed E-state index contributed by atoms with van der Waals surface area (Å²) in [6.07, 6.45) is 0. The average molecular weight is 273 g/mol. The van der Waals surface area contributed by atoms with Crippen molar-refractivity contribution >= 4 is 17.4 Å². The molecule has 104 valence electrons. The van der Waals surface area contributed by atoms with E-state index >= 15 is 0 Å². The fourth-order valence-electron chi connectivity index (χ4n) is 1.51. The van der Waals surface area contributed by atoms with Gasteiger partial charge in [-0.05, 0) is 24.3 Å². The summed E-state index contributed by atoms with van der Waals surface area (Å²) in [7, 11) is 0. The number of hydrogen-bond donors (Lipinski definition) is 3. The van der Waals surface area contributed by atoms with E-state index in [2.05, 4.69) is 15.5 Å². The number of anilines is 2. The summed E-state index contributed by atoms with van der Waals surface area (Å²) >= 11 is 0. The Morgan fingerprint density at radius 1 is 1.25 bits per heavy atom. The lowest BCUT2D eigenvalue weighted by molar-refractivity contribution is 0.0994. The Balaban J connectivity index is 1.77. The van der Waals surface area contributed by atoms with Crippen LogP contribution in [-0.4, -0.2) is 29.3 Å². The Labute approximate surface area is 115 Å². The standard InChI is InChI=1S/C13H15N5O2/c14-9-2-1-3-10(8-9)20-7-6-16-12-5-4-11(13(15)19)17-18-12/h1-5,8H,6-7,14H2,(H2,15,19)(H,16,18). The zero-order valence-corrected chi connectivity index (χ0v) is 10.7. The summed E-state index contributed by atoms with van der Waals surface area (Å²) in [6.45, 7) is 0.988. The van der Waals surface area contributed by atoms with Crippen LogP contribution < -0.4 is 21.5 Å². The number of aromatic nitrogens is 2. The lowest BCUT2D eigenvalue weighted by atomic mass is 10.3. The molecule has 0 unspecified atom stereocenters. The van der Waals surface area contributed by atoms with E-state index < -0.39 is 5.91 Å². The van der Waals surface area contributed by atoms with Crippen molar-refractivity contribution < 1.29 is 9.53 Å². The monoisotopic (exact) mass is 273 g/mol. The van der Waals surface area contributed by atoms with Crippen molar-refractivity contribution in [1.29, 1.82) is 0 Å². The first-order valence-corrected chi connectivity index (χ1v) is 6.01. The molecule has 0 spiro atoms. The second-order valence-electron chi connectivity index (χ2n) is 4.02. The van der Waals surface area contributed by atoms with Crippen LogP contribution in [0.5, 0.6) is 5.75 Å². The quantitative estimate of drug-likeness (QED) is 0.525. The molecule has 0 saturated heterocycles. The highest BCUT2D eigenvalue weighted by Crippen LogP contribution is 2.14. The topological polar surface area (TPSA) is 116 Å². The molecular formula is C13H15N5O2. The molecule has 2 rings (SSSR count). The van der Waals surface area contributed by atoms with Crippen LogP contribution in [0.3, 0.4) is 0 Å². The van der Waals surface area contributed by atoms with Crippen LogP contribution in [0.4, 0.5) is 11.5 Å². The highest BCUT2D eigenvalue weighted by molar-refractivity contribution is 5.90. The average Bonchev–Trinajstić information content (AvgIpc) is 2.44. The highest BCUT2D eigenvalue weighted by Gasteiger charge is 2.02. The first kappa shape index (κ1) is 13.6. The van der Waals surface area contributed by atoms with E-state index in [4.69, 9.17) is 16.2 Å². The second-order valence-corrected chi connectivity index (χ2v) is 4.02. The minimum absolute atomic E-state index is 0.131. The van der Waals surface area contributed by atoms with Gasteiger partial charge in [-0.1, -0.05) is 6.07 Å². The molecule has 1 aromatic heterocycles. The van der Waals surface area contributed by atoms with Gasteiger partial charge in [0.05, 0.1) is 6.54 Å². The number of carbonyl (C=O) groups is 1. The van der Waals surface area contributed by atoms with E-state index in [-0.39, 0.29) is 5.69 Å². The molecule has 1 aromatic carbocycles. The number of benzene rings is 1. The van der Waals surface area contributed by atoms with E-state index in [9.17, 15) is 4.79 Å². The summed E-state index contributed by atoms with van der Waals surface area (Å²) in [6, 6.07) is 10.3. The normalized spacial score (nSPS) is 10.0. The molecule has 7 nitrogen and oxygen atoms in total. The van der Waals surface area contributed by atoms with Crippen LogP contribution in [0, 0.1) is 0 Å². The Kier molecular flexibility index (Phi) is 4.33. The smallest absolute Gasteiger partial charge is 0.269 e. The zero-order chi connectivity index (χ0) is 14.4. The van der Waals surface area contributed by atoms with Gasteiger partial charge in [-0.15, -0.1) is 10.2 Å². The van der Waals surface area contributed by atoms with Crippen LogP contribution in [0.1, 0.15) is 10.5 Å². The fraction of sp³-hybridized carbons (Fsp3) is 0.154. The largest absolute Gasteiger partial charge is 0.492 e. The summed E-state index contributed by atoms with van der Waals surface area (Å²) in [5.41, 5.74) is 11.5. The number of carbonyl (C=O) groups excluding carboxylic acids is 1. The van der Waals surface area contributed by atoms with Crippen molar-refractivity contribution in [2.45, 2.75) is 0 Å². The van der Waals surface area contributed by atoms with Crippen molar-refractivity contribution in [3.8, 4) is 5.75 Å². The molecule has 0 radical (unpaired) electrons. The van der Waals surface area contributed by atoms with E-state index in [1.807, 2.05) is 12.1 Å². The third-order valence-corrected chi connectivity index (χ3v) is 2.45. The van der Waals surface area contributed by atoms with E-state index in [0.717, 1.165) is 0 Å². The first-order valence-electron chi connectivity index (χ1n) is 6.01. The molecule has 0 aliphatic carbocycles. The molecule has 7 heteroatoms. The SMILES string of the molecule is NC(=O)c1ccc(NCCOc2cccc(N)c2)nn1. The van der Waals surface area contributed by atoms with Crippen LogP contribution in [0.2, 0.25) is 0 Å². The highest BCUT2D eigenvalue weighted by atomic mass is 16.5. The van der Waals surface area contributed by atoms with Crippen molar-refractivity contribution in [2.75, 3.05) is 24.2 Å². The fourth-order valence-corrected chi connectivity index (χ4v) is 1.51. The van der Waals surface area contributed by atoms with Crippen molar-refractivity contribution in [3.05, 3.63) is 42.1 Å². The Morgan fingerprint density at radius 3 is 2.75 bits per heavy atom. The molecule has 2 aromatic rings. The van der Waals surface area contributed by atoms with Gasteiger partial charge in [0.2, 0.25) is 0 Å². The van der Waals surface area contributed by atoms with Crippen molar-refractivity contribution in [3.63, 3.8) is 0 Å². The van der Waals surface area contributed by atoms with E-state index in [0.29, 0.717) is 30.4 Å². The number of primary amides is 1. The zero-order valence-electron chi connectivity index (χ0n) is 10.7.